The van der Waals surface area contributed by atoms with Gasteiger partial charge >= 0.3 is 0 Å². The number of nitrogens with one attached hydrogen (secondary N) is 1. The highest BCUT2D eigenvalue weighted by atomic mass is 19.1. The molecule has 1 aromatic heterocycles. The van der Waals surface area contributed by atoms with Crippen LogP contribution in [0.1, 0.15) is 25.0 Å². The molecule has 0 aliphatic heterocycles. The van der Waals surface area contributed by atoms with Gasteiger partial charge in [-0.2, -0.15) is 0 Å². The minimum absolute atomic E-state index is 0.00590. The Morgan fingerprint density at radius 1 is 1.20 bits per heavy atom. The summed E-state index contributed by atoms with van der Waals surface area (Å²) in [6, 6.07) is 6.04. The van der Waals surface area contributed by atoms with Crippen LogP contribution in [0, 0.1) is 11.6 Å². The quantitative estimate of drug-likeness (QED) is 0.855. The van der Waals surface area contributed by atoms with E-state index in [1.165, 1.54) is 23.8 Å². The standard InChI is InChI=1S/C16H20F2N2/c1-3-20-8-7-13(11-20)10-19-12(2)9-14-15(17)5-4-6-16(14)18/h4-8,11-12,19H,3,9-10H2,1-2H3. The number of rotatable bonds is 6. The Hall–Kier alpha value is -1.68. The van der Waals surface area contributed by atoms with Crippen molar-refractivity contribution in [1.82, 2.24) is 9.88 Å². The molecular formula is C16H20F2N2. The third-order valence-corrected chi connectivity index (χ3v) is 3.40. The first-order valence-corrected chi connectivity index (χ1v) is 6.91. The van der Waals surface area contributed by atoms with E-state index < -0.39 is 11.6 Å². The Labute approximate surface area is 118 Å². The molecule has 0 aliphatic rings. The van der Waals surface area contributed by atoms with E-state index >= 15 is 0 Å². The molecule has 1 atom stereocenters. The molecule has 0 spiro atoms. The topological polar surface area (TPSA) is 17.0 Å². The minimum Gasteiger partial charge on any atom is -0.354 e. The van der Waals surface area contributed by atoms with Gasteiger partial charge in [0.15, 0.2) is 0 Å². The maximum atomic E-state index is 13.6. The Bertz CT molecular complexity index is 543. The largest absolute Gasteiger partial charge is 0.354 e. The number of aromatic nitrogens is 1. The summed E-state index contributed by atoms with van der Waals surface area (Å²) in [6.07, 6.45) is 4.44. The lowest BCUT2D eigenvalue weighted by Gasteiger charge is -2.14. The number of halogens is 2. The fourth-order valence-corrected chi connectivity index (χ4v) is 2.19. The van der Waals surface area contributed by atoms with Gasteiger partial charge in [-0.05, 0) is 44.0 Å². The Balaban J connectivity index is 1.90. The van der Waals surface area contributed by atoms with Crippen molar-refractivity contribution in [3.05, 3.63) is 59.4 Å². The second-order valence-corrected chi connectivity index (χ2v) is 5.04. The zero-order valence-electron chi connectivity index (χ0n) is 11.9. The van der Waals surface area contributed by atoms with E-state index in [1.807, 2.05) is 19.2 Å². The second kappa shape index (κ2) is 6.66. The molecule has 2 rings (SSSR count). The van der Waals surface area contributed by atoms with Crippen molar-refractivity contribution in [3.63, 3.8) is 0 Å². The van der Waals surface area contributed by atoms with Crippen LogP contribution in [0.2, 0.25) is 0 Å². The van der Waals surface area contributed by atoms with Crippen molar-refractivity contribution in [3.8, 4) is 0 Å². The van der Waals surface area contributed by atoms with Crippen LogP contribution in [0.15, 0.2) is 36.7 Å². The number of hydrogen-bond acceptors (Lipinski definition) is 1. The van der Waals surface area contributed by atoms with Gasteiger partial charge < -0.3 is 9.88 Å². The molecule has 0 bridgehead atoms. The maximum absolute atomic E-state index is 13.6. The molecule has 108 valence electrons. The molecule has 4 heteroatoms. The molecule has 0 fully saturated rings. The van der Waals surface area contributed by atoms with E-state index in [-0.39, 0.29) is 11.6 Å². The number of nitrogens with zero attached hydrogens (tertiary/aromatic N) is 1. The normalized spacial score (nSPS) is 12.6. The molecule has 0 amide bonds. The summed E-state index contributed by atoms with van der Waals surface area (Å²) in [5, 5.41) is 3.29. The van der Waals surface area contributed by atoms with Gasteiger partial charge in [0.1, 0.15) is 11.6 Å². The van der Waals surface area contributed by atoms with E-state index in [0.717, 1.165) is 6.54 Å². The van der Waals surface area contributed by atoms with Gasteiger partial charge in [0.25, 0.3) is 0 Å². The summed E-state index contributed by atoms with van der Waals surface area (Å²) in [5.41, 5.74) is 1.33. The van der Waals surface area contributed by atoms with Crippen LogP contribution in [-0.4, -0.2) is 10.6 Å². The molecule has 2 aromatic rings. The monoisotopic (exact) mass is 278 g/mol. The van der Waals surface area contributed by atoms with Crippen molar-refractivity contribution in [2.75, 3.05) is 0 Å². The van der Waals surface area contributed by atoms with E-state index in [0.29, 0.717) is 13.0 Å². The van der Waals surface area contributed by atoms with Gasteiger partial charge in [-0.25, -0.2) is 8.78 Å². The smallest absolute Gasteiger partial charge is 0.129 e. The molecule has 0 saturated carbocycles. The summed E-state index contributed by atoms with van der Waals surface area (Å²) in [6.45, 7) is 5.66. The predicted molar refractivity (Wildman–Crippen MR) is 76.5 cm³/mol. The Kier molecular flexibility index (Phi) is 4.90. The highest BCUT2D eigenvalue weighted by Crippen LogP contribution is 2.14. The van der Waals surface area contributed by atoms with Crippen molar-refractivity contribution in [1.29, 1.82) is 0 Å². The van der Waals surface area contributed by atoms with E-state index in [4.69, 9.17) is 0 Å². The summed E-state index contributed by atoms with van der Waals surface area (Å²) in [7, 11) is 0. The van der Waals surface area contributed by atoms with Crippen LogP contribution in [0.25, 0.3) is 0 Å². The summed E-state index contributed by atoms with van der Waals surface area (Å²) < 4.78 is 29.2. The van der Waals surface area contributed by atoms with Crippen molar-refractivity contribution >= 4 is 0 Å². The van der Waals surface area contributed by atoms with Crippen molar-refractivity contribution in [2.24, 2.45) is 0 Å². The highest BCUT2D eigenvalue weighted by molar-refractivity contribution is 5.20. The van der Waals surface area contributed by atoms with E-state index in [1.54, 1.807) is 0 Å². The summed E-state index contributed by atoms with van der Waals surface area (Å²) >= 11 is 0. The molecule has 1 unspecified atom stereocenters. The van der Waals surface area contributed by atoms with Gasteiger partial charge in [-0.3, -0.25) is 0 Å². The van der Waals surface area contributed by atoms with Crippen LogP contribution in [-0.2, 0) is 19.5 Å². The van der Waals surface area contributed by atoms with Crippen LogP contribution >= 0.6 is 0 Å². The molecule has 1 heterocycles. The van der Waals surface area contributed by atoms with Crippen LogP contribution in [0.3, 0.4) is 0 Å². The zero-order valence-corrected chi connectivity index (χ0v) is 11.9. The number of hydrogen-bond donors (Lipinski definition) is 1. The third kappa shape index (κ3) is 3.67. The number of benzene rings is 1. The van der Waals surface area contributed by atoms with Crippen LogP contribution < -0.4 is 5.32 Å². The lowest BCUT2D eigenvalue weighted by Crippen LogP contribution is -2.28. The predicted octanol–water partition coefficient (Wildman–Crippen LogP) is 3.51. The first-order valence-electron chi connectivity index (χ1n) is 6.91. The van der Waals surface area contributed by atoms with Gasteiger partial charge in [0.2, 0.25) is 0 Å². The molecule has 0 radical (unpaired) electrons. The van der Waals surface area contributed by atoms with Gasteiger partial charge in [0, 0.05) is 37.1 Å². The summed E-state index contributed by atoms with van der Waals surface area (Å²) in [4.78, 5) is 0. The minimum atomic E-state index is -0.476. The van der Waals surface area contributed by atoms with Gasteiger partial charge in [-0.15, -0.1) is 0 Å². The second-order valence-electron chi connectivity index (χ2n) is 5.04. The fourth-order valence-electron chi connectivity index (χ4n) is 2.19. The lowest BCUT2D eigenvalue weighted by molar-refractivity contribution is 0.499. The van der Waals surface area contributed by atoms with Crippen LogP contribution in [0.4, 0.5) is 8.78 Å². The third-order valence-electron chi connectivity index (χ3n) is 3.40. The Morgan fingerprint density at radius 3 is 2.50 bits per heavy atom. The van der Waals surface area contributed by atoms with Crippen molar-refractivity contribution in [2.45, 2.75) is 39.4 Å². The lowest BCUT2D eigenvalue weighted by atomic mass is 10.1. The highest BCUT2D eigenvalue weighted by Gasteiger charge is 2.12. The first-order chi connectivity index (χ1) is 9.60. The Morgan fingerprint density at radius 2 is 1.90 bits per heavy atom. The zero-order chi connectivity index (χ0) is 14.5. The van der Waals surface area contributed by atoms with Gasteiger partial charge in [0.05, 0.1) is 0 Å². The first kappa shape index (κ1) is 14.7. The molecular weight excluding hydrogens is 258 g/mol. The average Bonchev–Trinajstić information content (AvgIpc) is 2.89. The average molecular weight is 278 g/mol. The molecule has 1 aromatic carbocycles. The number of aryl methyl sites for hydroxylation is 1. The molecule has 20 heavy (non-hydrogen) atoms. The van der Waals surface area contributed by atoms with E-state index in [2.05, 4.69) is 23.0 Å². The summed E-state index contributed by atoms with van der Waals surface area (Å²) in [5.74, 6) is -0.952. The van der Waals surface area contributed by atoms with E-state index in [9.17, 15) is 8.78 Å². The van der Waals surface area contributed by atoms with Gasteiger partial charge in [-0.1, -0.05) is 6.07 Å². The van der Waals surface area contributed by atoms with Crippen LogP contribution in [0.5, 0.6) is 0 Å². The molecule has 2 nitrogen and oxygen atoms in total. The SMILES string of the molecule is CCn1ccc(CNC(C)Cc2c(F)cccc2F)c1. The molecule has 0 saturated heterocycles. The van der Waals surface area contributed by atoms with Crippen molar-refractivity contribution < 1.29 is 8.78 Å². The molecule has 0 aliphatic carbocycles. The maximum Gasteiger partial charge on any atom is 0.129 e. The molecule has 1 N–H and O–H groups in total. The fraction of sp³-hybridized carbons (Fsp3) is 0.375.